The van der Waals surface area contributed by atoms with Gasteiger partial charge in [-0.25, -0.2) is 0 Å². The van der Waals surface area contributed by atoms with Gasteiger partial charge in [-0.05, 0) is 12.5 Å². The predicted octanol–water partition coefficient (Wildman–Crippen LogP) is 2.06. The van der Waals surface area contributed by atoms with Gasteiger partial charge in [0.05, 0.1) is 0 Å². The summed E-state index contributed by atoms with van der Waals surface area (Å²) in [6.45, 7) is 3.31. The molecule has 0 amide bonds. The lowest BCUT2D eigenvalue weighted by atomic mass is 10.1. The summed E-state index contributed by atoms with van der Waals surface area (Å²) in [6.07, 6.45) is 4.39. The second-order valence-corrected chi connectivity index (χ2v) is 3.52. The fraction of sp³-hybridized carbons (Fsp3) is 0.273. The zero-order valence-corrected chi connectivity index (χ0v) is 7.25. The molecule has 1 aliphatic heterocycles. The van der Waals surface area contributed by atoms with Gasteiger partial charge in [-0.3, -0.25) is 0 Å². The van der Waals surface area contributed by atoms with Gasteiger partial charge in [0.1, 0.15) is 0 Å². The fourth-order valence-electron chi connectivity index (χ4n) is 1.10. The van der Waals surface area contributed by atoms with E-state index >= 15 is 0 Å². The first-order valence-electron chi connectivity index (χ1n) is 4.28. The van der Waals surface area contributed by atoms with E-state index in [1.165, 1.54) is 5.56 Å². The molecule has 1 aromatic carbocycles. The van der Waals surface area contributed by atoms with Crippen LogP contribution in [0.1, 0.15) is 12.5 Å². The zero-order valence-electron chi connectivity index (χ0n) is 7.25. The van der Waals surface area contributed by atoms with Crippen LogP contribution in [0, 0.1) is 0 Å². The number of nitrogens with one attached hydrogen (secondary N) is 1. The van der Waals surface area contributed by atoms with Crippen LogP contribution >= 0.6 is 0 Å². The van der Waals surface area contributed by atoms with Gasteiger partial charge in [-0.1, -0.05) is 42.5 Å². The lowest BCUT2D eigenvalue weighted by molar-refractivity contribution is 0.885. The summed E-state index contributed by atoms with van der Waals surface area (Å²) in [5.41, 5.74) is 1.54. The van der Waals surface area contributed by atoms with Crippen LogP contribution in [0.5, 0.6) is 0 Å². The van der Waals surface area contributed by atoms with Crippen molar-refractivity contribution in [3.05, 3.63) is 42.0 Å². The van der Waals surface area contributed by atoms with Crippen LogP contribution in [0.2, 0.25) is 0 Å². The molecule has 0 aromatic heterocycles. The second kappa shape index (κ2) is 2.76. The lowest BCUT2D eigenvalue weighted by Gasteiger charge is -1.96. The van der Waals surface area contributed by atoms with Crippen LogP contribution in [0.25, 0.3) is 6.08 Å². The molecule has 1 heterocycles. The van der Waals surface area contributed by atoms with Gasteiger partial charge in [0.25, 0.3) is 0 Å². The van der Waals surface area contributed by atoms with Crippen molar-refractivity contribution in [2.75, 3.05) is 6.54 Å². The molecule has 0 radical (unpaired) electrons. The molecule has 0 saturated carbocycles. The van der Waals surface area contributed by atoms with Crippen molar-refractivity contribution in [3.8, 4) is 0 Å². The molecular weight excluding hydrogens is 146 g/mol. The molecule has 62 valence electrons. The van der Waals surface area contributed by atoms with E-state index < -0.39 is 0 Å². The average Bonchev–Trinajstić information content (AvgIpc) is 2.84. The van der Waals surface area contributed by atoms with Crippen molar-refractivity contribution in [2.45, 2.75) is 12.5 Å². The van der Waals surface area contributed by atoms with Crippen molar-refractivity contribution < 1.29 is 0 Å². The summed E-state index contributed by atoms with van der Waals surface area (Å²) < 4.78 is 0. The third-order valence-corrected chi connectivity index (χ3v) is 2.18. The van der Waals surface area contributed by atoms with Gasteiger partial charge in [0.15, 0.2) is 0 Å². The molecule has 1 fully saturated rings. The summed E-state index contributed by atoms with van der Waals surface area (Å²) in [5, 5.41) is 3.29. The molecule has 2 rings (SSSR count). The zero-order chi connectivity index (χ0) is 8.44. The Morgan fingerprint density at radius 1 is 1.33 bits per heavy atom. The van der Waals surface area contributed by atoms with Gasteiger partial charge in [-0.2, -0.15) is 0 Å². The Bertz CT molecular complexity index is 283. The van der Waals surface area contributed by atoms with Gasteiger partial charge < -0.3 is 5.32 Å². The number of benzene rings is 1. The topological polar surface area (TPSA) is 21.9 Å². The molecule has 1 atom stereocenters. The fourth-order valence-corrected chi connectivity index (χ4v) is 1.10. The minimum atomic E-state index is 0.274. The van der Waals surface area contributed by atoms with E-state index in [0.29, 0.717) is 0 Å². The van der Waals surface area contributed by atoms with E-state index in [1.807, 2.05) is 6.07 Å². The molecule has 1 nitrogen and oxygen atoms in total. The smallest absolute Gasteiger partial charge is 0.0466 e. The first-order valence-corrected chi connectivity index (χ1v) is 4.28. The molecule has 0 aliphatic carbocycles. The van der Waals surface area contributed by atoms with Crippen molar-refractivity contribution in [2.24, 2.45) is 0 Å². The Morgan fingerprint density at radius 3 is 2.58 bits per heavy atom. The van der Waals surface area contributed by atoms with Crippen molar-refractivity contribution in [1.82, 2.24) is 5.32 Å². The van der Waals surface area contributed by atoms with Gasteiger partial charge in [0.2, 0.25) is 0 Å². The van der Waals surface area contributed by atoms with Crippen LogP contribution in [0.4, 0.5) is 0 Å². The lowest BCUT2D eigenvalue weighted by Crippen LogP contribution is -2.02. The standard InChI is InChI=1S/C11H13N/c1-11(9-12-11)8-7-10-5-3-2-4-6-10/h2-8,12H,9H2,1H3/b8-7+/t11-/m0/s1. The van der Waals surface area contributed by atoms with Gasteiger partial charge in [-0.15, -0.1) is 0 Å². The summed E-state index contributed by atoms with van der Waals surface area (Å²) in [4.78, 5) is 0. The van der Waals surface area contributed by atoms with Crippen LogP contribution in [-0.2, 0) is 0 Å². The molecule has 1 N–H and O–H groups in total. The van der Waals surface area contributed by atoms with E-state index in [1.54, 1.807) is 0 Å². The molecule has 1 aliphatic rings. The Labute approximate surface area is 73.1 Å². The number of rotatable bonds is 2. The summed E-state index contributed by atoms with van der Waals surface area (Å²) in [7, 11) is 0. The van der Waals surface area contributed by atoms with E-state index in [0.717, 1.165) is 6.54 Å². The maximum Gasteiger partial charge on any atom is 0.0466 e. The largest absolute Gasteiger partial charge is 0.305 e. The maximum atomic E-state index is 3.29. The molecule has 0 unspecified atom stereocenters. The summed E-state index contributed by atoms with van der Waals surface area (Å²) in [5.74, 6) is 0. The Kier molecular flexibility index (Phi) is 1.74. The minimum absolute atomic E-state index is 0.274. The van der Waals surface area contributed by atoms with Crippen LogP contribution in [0.3, 0.4) is 0 Å². The Morgan fingerprint density at radius 2 is 2.00 bits per heavy atom. The Hall–Kier alpha value is -1.08. The predicted molar refractivity (Wildman–Crippen MR) is 51.9 cm³/mol. The van der Waals surface area contributed by atoms with E-state index in [-0.39, 0.29) is 5.54 Å². The average molecular weight is 159 g/mol. The minimum Gasteiger partial charge on any atom is -0.305 e. The monoisotopic (exact) mass is 159 g/mol. The van der Waals surface area contributed by atoms with Crippen molar-refractivity contribution in [3.63, 3.8) is 0 Å². The summed E-state index contributed by atoms with van der Waals surface area (Å²) in [6, 6.07) is 10.4. The first-order chi connectivity index (χ1) is 5.79. The van der Waals surface area contributed by atoms with Crippen LogP contribution in [0.15, 0.2) is 36.4 Å². The van der Waals surface area contributed by atoms with E-state index in [4.69, 9.17) is 0 Å². The Balaban J connectivity index is 2.08. The van der Waals surface area contributed by atoms with Crippen LogP contribution in [-0.4, -0.2) is 12.1 Å². The molecule has 12 heavy (non-hydrogen) atoms. The van der Waals surface area contributed by atoms with Crippen molar-refractivity contribution in [1.29, 1.82) is 0 Å². The molecule has 1 heteroatoms. The van der Waals surface area contributed by atoms with Gasteiger partial charge >= 0.3 is 0 Å². The highest BCUT2D eigenvalue weighted by Gasteiger charge is 2.32. The molecule has 0 spiro atoms. The normalized spacial score (nSPS) is 27.8. The number of hydrogen-bond acceptors (Lipinski definition) is 1. The molecule has 1 saturated heterocycles. The van der Waals surface area contributed by atoms with Gasteiger partial charge in [0, 0.05) is 12.1 Å². The summed E-state index contributed by atoms with van der Waals surface area (Å²) >= 11 is 0. The maximum absolute atomic E-state index is 3.29. The SMILES string of the molecule is C[C@]1(/C=C/c2ccccc2)CN1. The third-order valence-electron chi connectivity index (χ3n) is 2.18. The highest BCUT2D eigenvalue weighted by molar-refractivity contribution is 5.51. The highest BCUT2D eigenvalue weighted by atomic mass is 15.1. The molecular formula is C11H13N. The highest BCUT2D eigenvalue weighted by Crippen LogP contribution is 2.18. The number of hydrogen-bond donors (Lipinski definition) is 1. The molecule has 0 bridgehead atoms. The molecule has 1 aromatic rings. The quantitative estimate of drug-likeness (QED) is 0.655. The van der Waals surface area contributed by atoms with Crippen molar-refractivity contribution >= 4 is 6.08 Å². The third kappa shape index (κ3) is 1.74. The van der Waals surface area contributed by atoms with E-state index in [9.17, 15) is 0 Å². The first kappa shape index (κ1) is 7.56. The second-order valence-electron chi connectivity index (χ2n) is 3.52. The van der Waals surface area contributed by atoms with E-state index in [2.05, 4.69) is 48.7 Å². The van der Waals surface area contributed by atoms with Crippen LogP contribution < -0.4 is 5.32 Å².